The lowest BCUT2D eigenvalue weighted by Crippen LogP contribution is -2.22. The van der Waals surface area contributed by atoms with Crippen LogP contribution in [0.3, 0.4) is 0 Å². The molecule has 0 aliphatic rings. The molecule has 0 atom stereocenters. The number of hydrogen-bond acceptors (Lipinski definition) is 6. The van der Waals surface area contributed by atoms with Crippen molar-refractivity contribution in [1.29, 1.82) is 0 Å². The standard InChI is InChI=1S/C16H15ClFN3O5/c1-25-14-7-15(26-2)12(6-10(14)17)20-16(22)8-19-9-3-4-11(18)13(5-9)21(23)24/h3-7,19H,8H2,1-2H3,(H,20,22). The highest BCUT2D eigenvalue weighted by atomic mass is 35.5. The number of carbonyl (C=O) groups is 1. The smallest absolute Gasteiger partial charge is 0.306 e. The van der Waals surface area contributed by atoms with Gasteiger partial charge in [-0.3, -0.25) is 14.9 Å². The Labute approximate surface area is 153 Å². The van der Waals surface area contributed by atoms with Crippen LogP contribution in [0.4, 0.5) is 21.5 Å². The SMILES string of the molecule is COc1cc(OC)c(NC(=O)CNc2ccc(F)c([N+](=O)[O-])c2)cc1Cl. The fraction of sp³-hybridized carbons (Fsp3) is 0.188. The van der Waals surface area contributed by atoms with Crippen molar-refractivity contribution in [2.75, 3.05) is 31.4 Å². The molecule has 0 heterocycles. The molecule has 8 nitrogen and oxygen atoms in total. The van der Waals surface area contributed by atoms with Crippen LogP contribution < -0.4 is 20.1 Å². The van der Waals surface area contributed by atoms with Gasteiger partial charge in [0.1, 0.15) is 11.5 Å². The molecule has 0 aliphatic carbocycles. The molecular formula is C16H15ClFN3O5. The van der Waals surface area contributed by atoms with Crippen molar-refractivity contribution in [2.24, 2.45) is 0 Å². The van der Waals surface area contributed by atoms with Crippen molar-refractivity contribution < 1.29 is 23.6 Å². The largest absolute Gasteiger partial charge is 0.495 e. The topological polar surface area (TPSA) is 103 Å². The molecule has 0 saturated heterocycles. The summed E-state index contributed by atoms with van der Waals surface area (Å²) in [5.41, 5.74) is -0.123. The molecule has 0 aliphatic heterocycles. The zero-order chi connectivity index (χ0) is 19.3. The van der Waals surface area contributed by atoms with Crippen LogP contribution in [0.1, 0.15) is 0 Å². The summed E-state index contributed by atoms with van der Waals surface area (Å²) in [6.07, 6.45) is 0. The fourth-order valence-electron chi connectivity index (χ4n) is 2.10. The van der Waals surface area contributed by atoms with E-state index in [0.29, 0.717) is 17.2 Å². The third-order valence-corrected chi connectivity index (χ3v) is 3.64. The normalized spacial score (nSPS) is 10.2. The second-order valence-corrected chi connectivity index (χ2v) is 5.42. The fourth-order valence-corrected chi connectivity index (χ4v) is 2.34. The highest BCUT2D eigenvalue weighted by Gasteiger charge is 2.15. The lowest BCUT2D eigenvalue weighted by Gasteiger charge is -2.13. The van der Waals surface area contributed by atoms with Gasteiger partial charge in [-0.15, -0.1) is 0 Å². The maximum atomic E-state index is 13.3. The van der Waals surface area contributed by atoms with E-state index in [1.165, 1.54) is 32.4 Å². The van der Waals surface area contributed by atoms with E-state index in [9.17, 15) is 19.3 Å². The van der Waals surface area contributed by atoms with Gasteiger partial charge in [0.25, 0.3) is 0 Å². The molecule has 0 unspecified atom stereocenters. The summed E-state index contributed by atoms with van der Waals surface area (Å²) in [4.78, 5) is 22.0. The number of amides is 1. The Kier molecular flexibility index (Phi) is 6.18. The van der Waals surface area contributed by atoms with Gasteiger partial charge in [-0.2, -0.15) is 4.39 Å². The summed E-state index contributed by atoms with van der Waals surface area (Å²) < 4.78 is 23.5. The molecule has 26 heavy (non-hydrogen) atoms. The van der Waals surface area contributed by atoms with Crippen LogP contribution in [0.2, 0.25) is 5.02 Å². The number of nitrogens with one attached hydrogen (secondary N) is 2. The van der Waals surface area contributed by atoms with Crippen molar-refractivity contribution >= 4 is 34.6 Å². The molecule has 2 N–H and O–H groups in total. The van der Waals surface area contributed by atoms with Gasteiger partial charge in [0, 0.05) is 17.8 Å². The Morgan fingerprint density at radius 1 is 1.23 bits per heavy atom. The van der Waals surface area contributed by atoms with Gasteiger partial charge in [-0.25, -0.2) is 0 Å². The minimum absolute atomic E-state index is 0.213. The van der Waals surface area contributed by atoms with E-state index in [0.717, 1.165) is 12.1 Å². The highest BCUT2D eigenvalue weighted by Crippen LogP contribution is 2.35. The van der Waals surface area contributed by atoms with E-state index in [-0.39, 0.29) is 17.3 Å². The molecule has 0 spiro atoms. The van der Waals surface area contributed by atoms with Gasteiger partial charge >= 0.3 is 5.69 Å². The number of nitro groups is 1. The molecule has 2 rings (SSSR count). The summed E-state index contributed by atoms with van der Waals surface area (Å²) in [7, 11) is 2.87. The summed E-state index contributed by atoms with van der Waals surface area (Å²) in [5.74, 6) is -0.686. The summed E-state index contributed by atoms with van der Waals surface area (Å²) in [6, 6.07) is 6.24. The van der Waals surface area contributed by atoms with Gasteiger partial charge in [-0.1, -0.05) is 11.6 Å². The number of hydrogen-bond donors (Lipinski definition) is 2. The molecule has 0 saturated carbocycles. The van der Waals surface area contributed by atoms with Gasteiger partial charge in [-0.05, 0) is 18.2 Å². The Hall–Kier alpha value is -3.07. The lowest BCUT2D eigenvalue weighted by molar-refractivity contribution is -0.387. The minimum Gasteiger partial charge on any atom is -0.495 e. The van der Waals surface area contributed by atoms with E-state index in [1.54, 1.807) is 0 Å². The number of nitro benzene ring substituents is 1. The number of ether oxygens (including phenoxy) is 2. The van der Waals surface area contributed by atoms with Crippen LogP contribution in [0.15, 0.2) is 30.3 Å². The number of carbonyl (C=O) groups excluding carboxylic acids is 1. The predicted octanol–water partition coefficient (Wildman–Crippen LogP) is 3.46. The second kappa shape index (κ2) is 8.34. The lowest BCUT2D eigenvalue weighted by atomic mass is 10.2. The molecule has 0 fully saturated rings. The van der Waals surface area contributed by atoms with Gasteiger partial charge in [0.05, 0.1) is 36.4 Å². The number of methoxy groups -OCH3 is 2. The quantitative estimate of drug-likeness (QED) is 0.560. The average Bonchev–Trinajstić information content (AvgIpc) is 2.61. The van der Waals surface area contributed by atoms with Gasteiger partial charge in [0.2, 0.25) is 11.7 Å². The monoisotopic (exact) mass is 383 g/mol. The molecule has 0 bridgehead atoms. The molecule has 1 amide bonds. The Balaban J connectivity index is 2.07. The van der Waals surface area contributed by atoms with Crippen molar-refractivity contribution in [3.8, 4) is 11.5 Å². The first-order valence-corrected chi connectivity index (χ1v) is 7.62. The third kappa shape index (κ3) is 4.51. The molecule has 2 aromatic rings. The first-order valence-electron chi connectivity index (χ1n) is 7.25. The predicted molar refractivity (Wildman–Crippen MR) is 94.7 cm³/mol. The van der Waals surface area contributed by atoms with Gasteiger partial charge in [0.15, 0.2) is 0 Å². The van der Waals surface area contributed by atoms with Crippen molar-refractivity contribution in [2.45, 2.75) is 0 Å². The van der Waals surface area contributed by atoms with E-state index >= 15 is 0 Å². The molecule has 0 aromatic heterocycles. The van der Waals surface area contributed by atoms with Crippen LogP contribution in [0.25, 0.3) is 0 Å². The van der Waals surface area contributed by atoms with Crippen LogP contribution in [-0.2, 0) is 4.79 Å². The van der Waals surface area contributed by atoms with Crippen LogP contribution in [-0.4, -0.2) is 31.6 Å². The summed E-state index contributed by atoms with van der Waals surface area (Å²) in [6.45, 7) is -0.213. The van der Waals surface area contributed by atoms with Crippen molar-refractivity contribution in [1.82, 2.24) is 0 Å². The van der Waals surface area contributed by atoms with Crippen LogP contribution >= 0.6 is 11.6 Å². The summed E-state index contributed by atoms with van der Waals surface area (Å²) >= 11 is 6.03. The van der Waals surface area contributed by atoms with Crippen molar-refractivity contribution in [3.63, 3.8) is 0 Å². The average molecular weight is 384 g/mol. The Morgan fingerprint density at radius 3 is 2.54 bits per heavy atom. The Bertz CT molecular complexity index is 847. The molecule has 138 valence electrons. The van der Waals surface area contributed by atoms with E-state index in [1.807, 2.05) is 0 Å². The zero-order valence-corrected chi connectivity index (χ0v) is 14.6. The van der Waals surface area contributed by atoms with E-state index in [4.69, 9.17) is 21.1 Å². The molecule has 0 radical (unpaired) electrons. The first kappa shape index (κ1) is 19.3. The van der Waals surface area contributed by atoms with Crippen LogP contribution in [0, 0.1) is 15.9 Å². The van der Waals surface area contributed by atoms with Crippen molar-refractivity contribution in [3.05, 3.63) is 51.3 Å². The summed E-state index contributed by atoms with van der Waals surface area (Å²) in [5, 5.41) is 16.3. The molecular weight excluding hydrogens is 369 g/mol. The van der Waals surface area contributed by atoms with Gasteiger partial charge < -0.3 is 20.1 Å². The number of nitrogens with zero attached hydrogens (tertiary/aromatic N) is 1. The van der Waals surface area contributed by atoms with E-state index in [2.05, 4.69) is 10.6 Å². The number of halogens is 2. The first-order chi connectivity index (χ1) is 12.3. The maximum Gasteiger partial charge on any atom is 0.306 e. The second-order valence-electron chi connectivity index (χ2n) is 5.01. The zero-order valence-electron chi connectivity index (χ0n) is 13.8. The number of benzene rings is 2. The third-order valence-electron chi connectivity index (χ3n) is 3.34. The maximum absolute atomic E-state index is 13.3. The molecule has 2 aromatic carbocycles. The number of anilines is 2. The highest BCUT2D eigenvalue weighted by molar-refractivity contribution is 6.32. The molecule has 10 heteroatoms. The van der Waals surface area contributed by atoms with E-state index < -0.39 is 22.3 Å². The number of rotatable bonds is 7. The minimum atomic E-state index is -0.956. The Morgan fingerprint density at radius 2 is 1.92 bits per heavy atom. The van der Waals surface area contributed by atoms with Crippen LogP contribution in [0.5, 0.6) is 11.5 Å².